The van der Waals surface area contributed by atoms with Crippen molar-refractivity contribution in [3.63, 3.8) is 0 Å². The molecule has 2 atom stereocenters. The molecule has 1 heterocycles. The number of carbonyl (C=O) groups excluding carboxylic acids is 1. The molecule has 1 fully saturated rings. The monoisotopic (exact) mass is 294 g/mol. The Morgan fingerprint density at radius 3 is 2.90 bits per heavy atom. The largest absolute Gasteiger partial charge is 0.334 e. The molecule has 1 unspecified atom stereocenters. The average molecular weight is 295 g/mol. The Kier molecular flexibility index (Phi) is 5.06. The van der Waals surface area contributed by atoms with Gasteiger partial charge in [0.15, 0.2) is 0 Å². The van der Waals surface area contributed by atoms with E-state index in [0.29, 0.717) is 10.9 Å². The van der Waals surface area contributed by atoms with Crippen molar-refractivity contribution >= 4 is 17.5 Å². The van der Waals surface area contributed by atoms with Crippen LogP contribution in [-0.4, -0.2) is 23.4 Å². The fraction of sp³-hybridized carbons (Fsp3) is 0.562. The van der Waals surface area contributed by atoms with Crippen molar-refractivity contribution in [3.05, 3.63) is 34.9 Å². The maximum absolute atomic E-state index is 12.5. The Balaban J connectivity index is 2.13. The predicted octanol–water partition coefficient (Wildman–Crippen LogP) is 3.38. The second-order valence-corrected chi connectivity index (χ2v) is 6.42. The zero-order valence-electron chi connectivity index (χ0n) is 12.2. The lowest BCUT2D eigenvalue weighted by Crippen LogP contribution is -2.44. The molecule has 2 rings (SSSR count). The lowest BCUT2D eigenvalue weighted by Gasteiger charge is -2.28. The molecule has 0 radical (unpaired) electrons. The van der Waals surface area contributed by atoms with Crippen LogP contribution < -0.4 is 5.73 Å². The maximum atomic E-state index is 12.5. The molecule has 1 aromatic rings. The summed E-state index contributed by atoms with van der Waals surface area (Å²) in [5.74, 6) is 0.502. The molecular weight excluding hydrogens is 272 g/mol. The van der Waals surface area contributed by atoms with Crippen molar-refractivity contribution < 1.29 is 4.79 Å². The van der Waals surface area contributed by atoms with E-state index in [9.17, 15) is 4.79 Å². The Hall–Kier alpha value is -1.06. The number of hydrogen-bond acceptors (Lipinski definition) is 2. The number of halogens is 1. The lowest BCUT2D eigenvalue weighted by molar-refractivity contribution is -0.133. The number of rotatable bonds is 4. The summed E-state index contributed by atoms with van der Waals surface area (Å²) in [6.45, 7) is 4.97. The SMILES string of the molecule is CC(C)C[C@H](N)C(=O)N1CCCC1c1cccc(Cl)c1. The summed E-state index contributed by atoms with van der Waals surface area (Å²) in [4.78, 5) is 14.4. The molecule has 1 aliphatic rings. The van der Waals surface area contributed by atoms with E-state index in [1.54, 1.807) is 0 Å². The van der Waals surface area contributed by atoms with Crippen LogP contribution in [0.1, 0.15) is 44.7 Å². The summed E-state index contributed by atoms with van der Waals surface area (Å²) in [5.41, 5.74) is 7.16. The van der Waals surface area contributed by atoms with Gasteiger partial charge in [-0.25, -0.2) is 0 Å². The first kappa shape index (κ1) is 15.3. The fourth-order valence-electron chi connectivity index (χ4n) is 2.91. The summed E-state index contributed by atoms with van der Waals surface area (Å²) in [5, 5.41) is 0.716. The van der Waals surface area contributed by atoms with Crippen LogP contribution in [-0.2, 0) is 4.79 Å². The van der Waals surface area contributed by atoms with Crippen molar-refractivity contribution in [1.29, 1.82) is 0 Å². The third-order valence-corrected chi connectivity index (χ3v) is 4.05. The third-order valence-electron chi connectivity index (χ3n) is 3.81. The van der Waals surface area contributed by atoms with Crippen LogP contribution in [0, 0.1) is 5.92 Å². The zero-order chi connectivity index (χ0) is 14.7. The highest BCUT2D eigenvalue weighted by molar-refractivity contribution is 6.30. The number of carbonyl (C=O) groups is 1. The van der Waals surface area contributed by atoms with Gasteiger partial charge in [-0.1, -0.05) is 37.6 Å². The van der Waals surface area contributed by atoms with Crippen molar-refractivity contribution in [1.82, 2.24) is 4.90 Å². The Labute approximate surface area is 126 Å². The van der Waals surface area contributed by atoms with Gasteiger partial charge < -0.3 is 10.6 Å². The Bertz CT molecular complexity index is 475. The first-order chi connectivity index (χ1) is 9.49. The highest BCUT2D eigenvalue weighted by Crippen LogP contribution is 2.33. The molecule has 0 spiro atoms. The van der Waals surface area contributed by atoms with E-state index < -0.39 is 6.04 Å². The molecule has 0 saturated carbocycles. The number of benzene rings is 1. The molecule has 20 heavy (non-hydrogen) atoms. The first-order valence-corrected chi connectivity index (χ1v) is 7.68. The van der Waals surface area contributed by atoms with E-state index in [2.05, 4.69) is 13.8 Å². The molecule has 1 aliphatic heterocycles. The topological polar surface area (TPSA) is 46.3 Å². The van der Waals surface area contributed by atoms with E-state index in [0.717, 1.165) is 31.4 Å². The summed E-state index contributed by atoms with van der Waals surface area (Å²) >= 11 is 6.05. The fourth-order valence-corrected chi connectivity index (χ4v) is 3.11. The number of nitrogens with two attached hydrogens (primary N) is 1. The lowest BCUT2D eigenvalue weighted by atomic mass is 10.0. The standard InChI is InChI=1S/C16H23ClN2O/c1-11(2)9-14(18)16(20)19-8-4-7-15(19)12-5-3-6-13(17)10-12/h3,5-6,10-11,14-15H,4,7-9,18H2,1-2H3/t14-,15?/m0/s1. The molecule has 4 heteroatoms. The number of amides is 1. The number of likely N-dealkylation sites (tertiary alicyclic amines) is 1. The van der Waals surface area contributed by atoms with Gasteiger partial charge in [0.2, 0.25) is 5.91 Å². The van der Waals surface area contributed by atoms with Crippen molar-refractivity contribution in [2.24, 2.45) is 11.7 Å². The normalized spacial score (nSPS) is 20.4. The van der Waals surface area contributed by atoms with Gasteiger partial charge in [0, 0.05) is 11.6 Å². The maximum Gasteiger partial charge on any atom is 0.240 e. The zero-order valence-corrected chi connectivity index (χ0v) is 12.9. The van der Waals surface area contributed by atoms with E-state index in [-0.39, 0.29) is 11.9 Å². The summed E-state index contributed by atoms with van der Waals surface area (Å²) < 4.78 is 0. The second-order valence-electron chi connectivity index (χ2n) is 5.98. The average Bonchev–Trinajstić information content (AvgIpc) is 2.86. The molecule has 110 valence electrons. The molecule has 1 aromatic carbocycles. The third kappa shape index (κ3) is 3.53. The Morgan fingerprint density at radius 2 is 2.25 bits per heavy atom. The van der Waals surface area contributed by atoms with Crippen LogP contribution >= 0.6 is 11.6 Å². The van der Waals surface area contributed by atoms with Gasteiger partial charge in [0.25, 0.3) is 0 Å². The van der Waals surface area contributed by atoms with Gasteiger partial charge in [-0.2, -0.15) is 0 Å². The molecule has 3 nitrogen and oxygen atoms in total. The van der Waals surface area contributed by atoms with Crippen LogP contribution in [0.4, 0.5) is 0 Å². The van der Waals surface area contributed by atoms with Gasteiger partial charge in [0.05, 0.1) is 12.1 Å². The molecular formula is C16H23ClN2O. The highest BCUT2D eigenvalue weighted by atomic mass is 35.5. The second kappa shape index (κ2) is 6.59. The minimum atomic E-state index is -0.394. The summed E-state index contributed by atoms with van der Waals surface area (Å²) in [6.07, 6.45) is 2.75. The van der Waals surface area contributed by atoms with Gasteiger partial charge >= 0.3 is 0 Å². The van der Waals surface area contributed by atoms with E-state index in [4.69, 9.17) is 17.3 Å². The molecule has 1 amide bonds. The van der Waals surface area contributed by atoms with E-state index in [1.165, 1.54) is 0 Å². The predicted molar refractivity (Wildman–Crippen MR) is 82.6 cm³/mol. The molecule has 0 bridgehead atoms. The molecule has 0 aliphatic carbocycles. The van der Waals surface area contributed by atoms with Crippen LogP contribution in [0.25, 0.3) is 0 Å². The molecule has 2 N–H and O–H groups in total. The van der Waals surface area contributed by atoms with Gasteiger partial charge in [0.1, 0.15) is 0 Å². The number of hydrogen-bond donors (Lipinski definition) is 1. The quantitative estimate of drug-likeness (QED) is 0.925. The Morgan fingerprint density at radius 1 is 1.50 bits per heavy atom. The molecule has 1 saturated heterocycles. The van der Waals surface area contributed by atoms with Crippen LogP contribution in [0.2, 0.25) is 5.02 Å². The highest BCUT2D eigenvalue weighted by Gasteiger charge is 2.32. The van der Waals surface area contributed by atoms with Crippen molar-refractivity contribution in [2.75, 3.05) is 6.54 Å². The van der Waals surface area contributed by atoms with E-state index >= 15 is 0 Å². The van der Waals surface area contributed by atoms with Crippen molar-refractivity contribution in [3.8, 4) is 0 Å². The van der Waals surface area contributed by atoms with Gasteiger partial charge in [-0.15, -0.1) is 0 Å². The minimum Gasteiger partial charge on any atom is -0.334 e. The van der Waals surface area contributed by atoms with Gasteiger partial charge in [-0.3, -0.25) is 4.79 Å². The van der Waals surface area contributed by atoms with Crippen LogP contribution in [0.15, 0.2) is 24.3 Å². The summed E-state index contributed by atoms with van der Waals surface area (Å²) in [6, 6.07) is 7.51. The van der Waals surface area contributed by atoms with E-state index in [1.807, 2.05) is 29.2 Å². The van der Waals surface area contributed by atoms with Crippen molar-refractivity contribution in [2.45, 2.75) is 45.2 Å². The van der Waals surface area contributed by atoms with Crippen LogP contribution in [0.3, 0.4) is 0 Å². The summed E-state index contributed by atoms with van der Waals surface area (Å²) in [7, 11) is 0. The van der Waals surface area contributed by atoms with Gasteiger partial charge in [-0.05, 0) is 42.9 Å². The molecule has 0 aromatic heterocycles. The van der Waals surface area contributed by atoms with Crippen LogP contribution in [0.5, 0.6) is 0 Å². The number of nitrogens with zero attached hydrogens (tertiary/aromatic N) is 1. The smallest absolute Gasteiger partial charge is 0.240 e. The minimum absolute atomic E-state index is 0.0705. The first-order valence-electron chi connectivity index (χ1n) is 7.30.